The highest BCUT2D eigenvalue weighted by molar-refractivity contribution is 5.95. The van der Waals surface area contributed by atoms with Crippen molar-refractivity contribution in [2.45, 2.75) is 18.9 Å². The number of pyridine rings is 1. The Labute approximate surface area is 152 Å². The highest BCUT2D eigenvalue weighted by atomic mass is 16.5. The molecule has 0 unspecified atom stereocenters. The summed E-state index contributed by atoms with van der Waals surface area (Å²) in [5.41, 5.74) is 0.488. The van der Waals surface area contributed by atoms with Gasteiger partial charge in [0.25, 0.3) is 5.91 Å². The van der Waals surface area contributed by atoms with Crippen LogP contribution in [0, 0.1) is 5.92 Å². The van der Waals surface area contributed by atoms with E-state index in [1.165, 1.54) is 18.2 Å². The molecule has 0 radical (unpaired) electrons. The molecule has 1 aromatic rings. The lowest BCUT2D eigenvalue weighted by Gasteiger charge is -2.35. The summed E-state index contributed by atoms with van der Waals surface area (Å²) in [4.78, 5) is 46.6. The first-order valence-electron chi connectivity index (χ1n) is 8.70. The van der Waals surface area contributed by atoms with Gasteiger partial charge in [0.15, 0.2) is 0 Å². The lowest BCUT2D eigenvalue weighted by atomic mass is 9.94. The first-order chi connectivity index (χ1) is 12.4. The molecule has 3 aliphatic rings. The number of carbonyl (C=O) groups is 3. The van der Waals surface area contributed by atoms with Crippen molar-refractivity contribution in [1.29, 1.82) is 0 Å². The SMILES string of the molecule is COc1cc(C(=O)N2C[C@H]3CC[C@@H](C2)N(CC(=O)N(C)C)C3=O)ccn1. The maximum atomic E-state index is 12.9. The van der Waals surface area contributed by atoms with E-state index in [1.54, 1.807) is 36.0 Å². The molecule has 0 aromatic carbocycles. The number of piperidine rings is 1. The van der Waals surface area contributed by atoms with Crippen LogP contribution in [0.5, 0.6) is 5.88 Å². The van der Waals surface area contributed by atoms with Crippen LogP contribution in [0.15, 0.2) is 18.3 Å². The summed E-state index contributed by atoms with van der Waals surface area (Å²) in [7, 11) is 4.85. The minimum absolute atomic E-state index is 0.0286. The molecular weight excluding hydrogens is 336 g/mol. The van der Waals surface area contributed by atoms with E-state index >= 15 is 0 Å². The summed E-state index contributed by atoms with van der Waals surface area (Å²) in [5, 5.41) is 0. The number of nitrogens with zero attached hydrogens (tertiary/aromatic N) is 4. The molecule has 26 heavy (non-hydrogen) atoms. The van der Waals surface area contributed by atoms with Crippen molar-refractivity contribution in [3.63, 3.8) is 0 Å². The summed E-state index contributed by atoms with van der Waals surface area (Å²) >= 11 is 0. The number of hydrogen-bond donors (Lipinski definition) is 0. The van der Waals surface area contributed by atoms with Gasteiger partial charge in [-0.3, -0.25) is 14.4 Å². The standard InChI is InChI=1S/C18H24N4O4/c1-20(2)16(23)11-22-14-5-4-13(18(22)25)9-21(10-14)17(24)12-6-7-19-15(8-12)26-3/h6-8,13-14H,4-5,9-11H2,1-3H3/t13-,14+/m1/s1. The van der Waals surface area contributed by atoms with Gasteiger partial charge in [-0.05, 0) is 18.9 Å². The molecule has 2 atom stereocenters. The van der Waals surface area contributed by atoms with Crippen LogP contribution in [0.2, 0.25) is 0 Å². The average Bonchev–Trinajstić information content (AvgIpc) is 2.93. The van der Waals surface area contributed by atoms with Crippen molar-refractivity contribution >= 4 is 17.7 Å². The topological polar surface area (TPSA) is 83.0 Å². The fourth-order valence-electron chi connectivity index (χ4n) is 3.54. The summed E-state index contributed by atoms with van der Waals surface area (Å²) < 4.78 is 5.09. The van der Waals surface area contributed by atoms with Gasteiger partial charge in [0.1, 0.15) is 6.54 Å². The monoisotopic (exact) mass is 360 g/mol. The first-order valence-corrected chi connectivity index (χ1v) is 8.70. The molecule has 140 valence electrons. The molecule has 2 bridgehead atoms. The maximum absolute atomic E-state index is 12.9. The number of amides is 3. The van der Waals surface area contributed by atoms with Crippen LogP contribution in [-0.2, 0) is 9.59 Å². The number of aromatic nitrogens is 1. The first kappa shape index (κ1) is 18.2. The van der Waals surface area contributed by atoms with Crippen LogP contribution in [0.3, 0.4) is 0 Å². The second-order valence-electron chi connectivity index (χ2n) is 6.98. The Morgan fingerprint density at radius 3 is 2.77 bits per heavy atom. The Kier molecular flexibility index (Phi) is 5.11. The highest BCUT2D eigenvalue weighted by Gasteiger charge is 2.42. The van der Waals surface area contributed by atoms with Gasteiger partial charge >= 0.3 is 0 Å². The molecule has 3 saturated heterocycles. The molecule has 3 fully saturated rings. The number of fused-ring (bicyclic) bond motifs is 4. The number of ether oxygens (including phenoxy) is 1. The van der Waals surface area contributed by atoms with Crippen molar-refractivity contribution in [2.24, 2.45) is 5.92 Å². The quantitative estimate of drug-likeness (QED) is 0.768. The number of rotatable bonds is 4. The molecule has 0 N–H and O–H groups in total. The fourth-order valence-corrected chi connectivity index (χ4v) is 3.54. The van der Waals surface area contributed by atoms with E-state index in [2.05, 4.69) is 4.98 Å². The normalized spacial score (nSPS) is 22.2. The molecule has 8 nitrogen and oxygen atoms in total. The van der Waals surface area contributed by atoms with Crippen molar-refractivity contribution < 1.29 is 19.1 Å². The number of methoxy groups -OCH3 is 1. The molecule has 0 saturated carbocycles. The van der Waals surface area contributed by atoms with Crippen LogP contribution in [0.1, 0.15) is 23.2 Å². The third-order valence-electron chi connectivity index (χ3n) is 5.08. The second-order valence-corrected chi connectivity index (χ2v) is 6.98. The molecule has 1 aromatic heterocycles. The van der Waals surface area contributed by atoms with E-state index < -0.39 is 0 Å². The summed E-state index contributed by atoms with van der Waals surface area (Å²) in [6.45, 7) is 0.885. The van der Waals surface area contributed by atoms with Gasteiger partial charge in [0, 0.05) is 51.1 Å². The van der Waals surface area contributed by atoms with Gasteiger partial charge < -0.3 is 19.4 Å². The molecule has 3 amide bonds. The van der Waals surface area contributed by atoms with E-state index in [9.17, 15) is 14.4 Å². The lowest BCUT2D eigenvalue weighted by Crippen LogP contribution is -2.51. The molecule has 0 spiro atoms. The number of hydrogen-bond acceptors (Lipinski definition) is 5. The van der Waals surface area contributed by atoms with Crippen LogP contribution < -0.4 is 4.74 Å². The van der Waals surface area contributed by atoms with Gasteiger partial charge in [0.05, 0.1) is 13.0 Å². The van der Waals surface area contributed by atoms with E-state index in [0.717, 1.165) is 12.8 Å². The van der Waals surface area contributed by atoms with Gasteiger partial charge in [-0.2, -0.15) is 0 Å². The number of likely N-dealkylation sites (N-methyl/N-ethyl adjacent to an activating group) is 1. The van der Waals surface area contributed by atoms with Crippen molar-refractivity contribution in [3.05, 3.63) is 23.9 Å². The van der Waals surface area contributed by atoms with E-state index in [0.29, 0.717) is 24.5 Å². The Balaban J connectivity index is 1.79. The Morgan fingerprint density at radius 2 is 2.08 bits per heavy atom. The molecule has 4 rings (SSSR count). The minimum Gasteiger partial charge on any atom is -0.481 e. The average molecular weight is 360 g/mol. The van der Waals surface area contributed by atoms with Crippen molar-refractivity contribution in [1.82, 2.24) is 19.7 Å². The van der Waals surface area contributed by atoms with E-state index in [1.807, 2.05) is 0 Å². The molecule has 8 heteroatoms. The predicted molar refractivity (Wildman–Crippen MR) is 93.6 cm³/mol. The maximum Gasteiger partial charge on any atom is 0.254 e. The summed E-state index contributed by atoms with van der Waals surface area (Å²) in [6.07, 6.45) is 3.09. The zero-order valence-electron chi connectivity index (χ0n) is 15.3. The van der Waals surface area contributed by atoms with Crippen LogP contribution in [0.25, 0.3) is 0 Å². The van der Waals surface area contributed by atoms with Crippen LogP contribution in [0.4, 0.5) is 0 Å². The third kappa shape index (κ3) is 3.49. The molecule has 4 heterocycles. The lowest BCUT2D eigenvalue weighted by molar-refractivity contribution is -0.145. The van der Waals surface area contributed by atoms with Crippen molar-refractivity contribution in [3.8, 4) is 5.88 Å². The van der Waals surface area contributed by atoms with E-state index in [4.69, 9.17) is 4.74 Å². The second kappa shape index (κ2) is 7.31. The zero-order chi connectivity index (χ0) is 18.8. The Bertz CT molecular complexity index is 721. The summed E-state index contributed by atoms with van der Waals surface area (Å²) in [6, 6.07) is 3.12. The Hall–Kier alpha value is -2.64. The zero-order valence-corrected chi connectivity index (χ0v) is 15.3. The third-order valence-corrected chi connectivity index (χ3v) is 5.08. The van der Waals surface area contributed by atoms with Gasteiger partial charge in [0.2, 0.25) is 17.7 Å². The van der Waals surface area contributed by atoms with Crippen LogP contribution in [-0.4, -0.2) is 84.3 Å². The molecule has 0 aliphatic carbocycles. The van der Waals surface area contributed by atoms with E-state index in [-0.39, 0.29) is 36.2 Å². The minimum atomic E-state index is -0.253. The van der Waals surface area contributed by atoms with Gasteiger partial charge in [-0.1, -0.05) is 0 Å². The highest BCUT2D eigenvalue weighted by Crippen LogP contribution is 2.30. The number of carbonyl (C=O) groups excluding carboxylic acids is 3. The molecule has 3 aliphatic heterocycles. The molecular formula is C18H24N4O4. The smallest absolute Gasteiger partial charge is 0.254 e. The summed E-state index contributed by atoms with van der Waals surface area (Å²) in [5.74, 6) is -0.155. The van der Waals surface area contributed by atoms with Crippen molar-refractivity contribution in [2.75, 3.05) is 40.8 Å². The van der Waals surface area contributed by atoms with Gasteiger partial charge in [-0.15, -0.1) is 0 Å². The largest absolute Gasteiger partial charge is 0.481 e. The Morgan fingerprint density at radius 1 is 1.31 bits per heavy atom. The van der Waals surface area contributed by atoms with Gasteiger partial charge in [-0.25, -0.2) is 4.98 Å². The van der Waals surface area contributed by atoms with Crippen LogP contribution >= 0.6 is 0 Å². The predicted octanol–water partition coefficient (Wildman–Crippen LogP) is 0.241. The fraction of sp³-hybridized carbons (Fsp3) is 0.556.